The predicted molar refractivity (Wildman–Crippen MR) is 113 cm³/mol. The quantitative estimate of drug-likeness (QED) is 0.505. The molecule has 2 N–H and O–H groups in total. The van der Waals surface area contributed by atoms with Crippen molar-refractivity contribution in [1.29, 1.82) is 5.26 Å². The second-order valence-corrected chi connectivity index (χ2v) is 6.77. The van der Waals surface area contributed by atoms with Crippen LogP contribution in [0.3, 0.4) is 0 Å². The van der Waals surface area contributed by atoms with Gasteiger partial charge in [-0.2, -0.15) is 5.26 Å². The summed E-state index contributed by atoms with van der Waals surface area (Å²) in [5.74, 6) is 0. The molecule has 0 fully saturated rings. The standard InChI is InChI=1S/C19H18N4.C3H7NO2/c20-9-1-2-17-12-15(13-21)3-8-19(17)16-4-6-18(7-5-16)23-11-10-22-14-23;1-3(2)4(5)6/h3-8,10-12,14H,1-2,9,20H2;3H,1-2H3. The molecule has 7 nitrogen and oxygen atoms in total. The summed E-state index contributed by atoms with van der Waals surface area (Å²) in [6, 6.07) is 16.0. The zero-order valence-electron chi connectivity index (χ0n) is 16.7. The van der Waals surface area contributed by atoms with Crippen LogP contribution in [0.1, 0.15) is 31.4 Å². The Morgan fingerprint density at radius 1 is 1.24 bits per heavy atom. The van der Waals surface area contributed by atoms with Crippen LogP contribution in [-0.4, -0.2) is 27.1 Å². The summed E-state index contributed by atoms with van der Waals surface area (Å²) in [7, 11) is 0. The van der Waals surface area contributed by atoms with Crippen molar-refractivity contribution < 1.29 is 4.92 Å². The summed E-state index contributed by atoms with van der Waals surface area (Å²) < 4.78 is 1.97. The molecule has 0 saturated heterocycles. The maximum absolute atomic E-state index is 9.50. The molecule has 29 heavy (non-hydrogen) atoms. The molecule has 1 heterocycles. The van der Waals surface area contributed by atoms with Gasteiger partial charge in [0.2, 0.25) is 6.04 Å². The van der Waals surface area contributed by atoms with Crippen LogP contribution in [0.4, 0.5) is 0 Å². The van der Waals surface area contributed by atoms with Gasteiger partial charge >= 0.3 is 0 Å². The molecule has 0 bridgehead atoms. The average molecular weight is 391 g/mol. The van der Waals surface area contributed by atoms with Crippen LogP contribution in [0.5, 0.6) is 0 Å². The van der Waals surface area contributed by atoms with Gasteiger partial charge in [-0.05, 0) is 60.3 Å². The molecular weight excluding hydrogens is 366 g/mol. The van der Waals surface area contributed by atoms with Gasteiger partial charge in [-0.1, -0.05) is 18.2 Å². The lowest BCUT2D eigenvalue weighted by molar-refractivity contribution is -0.513. The zero-order valence-corrected chi connectivity index (χ0v) is 16.7. The summed E-state index contributed by atoms with van der Waals surface area (Å²) in [4.78, 5) is 13.2. The van der Waals surface area contributed by atoms with Gasteiger partial charge in [0.15, 0.2) is 0 Å². The molecule has 0 aliphatic rings. The molecule has 3 rings (SSSR count). The number of hydrogen-bond acceptors (Lipinski definition) is 5. The molecule has 0 spiro atoms. The van der Waals surface area contributed by atoms with E-state index in [4.69, 9.17) is 11.0 Å². The van der Waals surface area contributed by atoms with E-state index < -0.39 is 6.04 Å². The summed E-state index contributed by atoms with van der Waals surface area (Å²) in [5, 5.41) is 18.6. The highest BCUT2D eigenvalue weighted by molar-refractivity contribution is 5.69. The number of hydrogen-bond donors (Lipinski definition) is 1. The van der Waals surface area contributed by atoms with Crippen LogP contribution >= 0.6 is 0 Å². The minimum atomic E-state index is -0.426. The number of rotatable bonds is 6. The van der Waals surface area contributed by atoms with Crippen molar-refractivity contribution in [2.45, 2.75) is 32.7 Å². The Balaban J connectivity index is 0.000000438. The van der Waals surface area contributed by atoms with Gasteiger partial charge in [0.25, 0.3) is 0 Å². The molecule has 2 aromatic carbocycles. The van der Waals surface area contributed by atoms with Gasteiger partial charge in [0.1, 0.15) is 0 Å². The Hall–Kier alpha value is -3.50. The van der Waals surface area contributed by atoms with Crippen LogP contribution in [0, 0.1) is 21.4 Å². The maximum Gasteiger partial charge on any atom is 0.207 e. The molecule has 0 atom stereocenters. The zero-order chi connectivity index (χ0) is 21.2. The topological polar surface area (TPSA) is 111 Å². The van der Waals surface area contributed by atoms with E-state index in [1.807, 2.05) is 29.0 Å². The number of nitrogens with two attached hydrogens (primary N) is 1. The third-order valence-electron chi connectivity index (χ3n) is 4.29. The van der Waals surface area contributed by atoms with E-state index in [2.05, 4.69) is 35.3 Å². The number of aryl methyl sites for hydroxylation is 1. The van der Waals surface area contributed by atoms with Crippen molar-refractivity contribution in [2.75, 3.05) is 6.54 Å². The molecule has 150 valence electrons. The van der Waals surface area contributed by atoms with E-state index >= 15 is 0 Å². The van der Waals surface area contributed by atoms with Crippen LogP contribution in [-0.2, 0) is 6.42 Å². The van der Waals surface area contributed by atoms with Gasteiger partial charge in [-0.15, -0.1) is 0 Å². The number of aromatic nitrogens is 2. The third kappa shape index (κ3) is 6.26. The van der Waals surface area contributed by atoms with Crippen molar-refractivity contribution >= 4 is 0 Å². The monoisotopic (exact) mass is 391 g/mol. The summed E-state index contributed by atoms with van der Waals surface area (Å²) in [6.07, 6.45) is 7.26. The lowest BCUT2D eigenvalue weighted by atomic mass is 9.95. The molecule has 0 unspecified atom stereocenters. The van der Waals surface area contributed by atoms with Crippen LogP contribution in [0.15, 0.2) is 61.2 Å². The maximum atomic E-state index is 9.50. The van der Waals surface area contributed by atoms with Crippen molar-refractivity contribution in [3.8, 4) is 22.9 Å². The van der Waals surface area contributed by atoms with Gasteiger partial charge in [-0.3, -0.25) is 10.1 Å². The fraction of sp³-hybridized carbons (Fsp3) is 0.273. The second-order valence-electron chi connectivity index (χ2n) is 6.77. The normalized spacial score (nSPS) is 10.2. The molecule has 0 aliphatic heterocycles. The van der Waals surface area contributed by atoms with Crippen LogP contribution in [0.2, 0.25) is 0 Å². The Labute approximate surface area is 170 Å². The number of nitriles is 1. The molecule has 3 aromatic rings. The second kappa shape index (κ2) is 10.7. The summed E-state index contributed by atoms with van der Waals surface area (Å²) >= 11 is 0. The molecule has 0 aliphatic carbocycles. The molecule has 0 radical (unpaired) electrons. The van der Waals surface area contributed by atoms with Gasteiger partial charge in [-0.25, -0.2) is 4.98 Å². The fourth-order valence-corrected chi connectivity index (χ4v) is 2.67. The average Bonchev–Trinajstić information content (AvgIpc) is 3.27. The lowest BCUT2D eigenvalue weighted by Crippen LogP contribution is -2.08. The molecule has 7 heteroatoms. The van der Waals surface area contributed by atoms with E-state index in [0.29, 0.717) is 12.1 Å². The van der Waals surface area contributed by atoms with Crippen LogP contribution in [0.25, 0.3) is 16.8 Å². The van der Waals surface area contributed by atoms with Crippen molar-refractivity contribution in [3.63, 3.8) is 0 Å². The third-order valence-corrected chi connectivity index (χ3v) is 4.29. The Kier molecular flexibility index (Phi) is 8.07. The number of nitro groups is 1. The van der Waals surface area contributed by atoms with E-state index in [-0.39, 0.29) is 4.92 Å². The fourth-order valence-electron chi connectivity index (χ4n) is 2.67. The first-order valence-corrected chi connectivity index (χ1v) is 9.41. The van der Waals surface area contributed by atoms with Gasteiger partial charge < -0.3 is 10.3 Å². The SMILES string of the molecule is CC(C)[N+](=O)[O-].N#Cc1ccc(-c2ccc(-n3ccnc3)cc2)c(CCCN)c1. The van der Waals surface area contributed by atoms with Crippen molar-refractivity contribution in [2.24, 2.45) is 5.73 Å². The number of benzene rings is 2. The summed E-state index contributed by atoms with van der Waals surface area (Å²) in [6.45, 7) is 3.73. The molecule has 1 aromatic heterocycles. The smallest absolute Gasteiger partial charge is 0.207 e. The minimum Gasteiger partial charge on any atom is -0.330 e. The first-order valence-electron chi connectivity index (χ1n) is 9.41. The van der Waals surface area contributed by atoms with E-state index in [0.717, 1.165) is 29.7 Å². The largest absolute Gasteiger partial charge is 0.330 e. The summed E-state index contributed by atoms with van der Waals surface area (Å²) in [5.41, 5.74) is 10.9. The highest BCUT2D eigenvalue weighted by atomic mass is 16.6. The highest BCUT2D eigenvalue weighted by Gasteiger charge is 2.07. The minimum absolute atomic E-state index is 0.333. The van der Waals surface area contributed by atoms with E-state index in [1.54, 1.807) is 26.4 Å². The Morgan fingerprint density at radius 2 is 1.93 bits per heavy atom. The molecular formula is C22H25N5O2. The van der Waals surface area contributed by atoms with Crippen molar-refractivity contribution in [3.05, 3.63) is 82.4 Å². The Bertz CT molecular complexity index is 958. The van der Waals surface area contributed by atoms with Crippen molar-refractivity contribution in [1.82, 2.24) is 9.55 Å². The van der Waals surface area contributed by atoms with Gasteiger partial charge in [0.05, 0.1) is 18.0 Å². The Morgan fingerprint density at radius 3 is 2.45 bits per heavy atom. The van der Waals surface area contributed by atoms with Crippen LogP contribution < -0.4 is 5.73 Å². The van der Waals surface area contributed by atoms with E-state index in [1.165, 1.54) is 5.56 Å². The predicted octanol–water partition coefficient (Wildman–Crippen LogP) is 3.97. The first-order chi connectivity index (χ1) is 14.0. The number of imidazole rings is 1. The molecule has 0 amide bonds. The molecule has 0 saturated carbocycles. The van der Waals surface area contributed by atoms with Gasteiger partial charge in [0, 0.05) is 36.9 Å². The number of nitrogens with zero attached hydrogens (tertiary/aromatic N) is 4. The highest BCUT2D eigenvalue weighted by Crippen LogP contribution is 2.27. The first kappa shape index (κ1) is 21.8. The van der Waals surface area contributed by atoms with E-state index in [9.17, 15) is 10.1 Å². The lowest BCUT2D eigenvalue weighted by Gasteiger charge is -2.11.